The Kier molecular flexibility index (Phi) is 4.37. The van der Waals surface area contributed by atoms with Crippen molar-refractivity contribution in [3.8, 4) is 0 Å². The highest BCUT2D eigenvalue weighted by Gasteiger charge is 2.31. The minimum Gasteiger partial charge on any atom is -0.388 e. The van der Waals surface area contributed by atoms with Gasteiger partial charge in [0, 0.05) is 37.5 Å². The fourth-order valence-electron chi connectivity index (χ4n) is 2.31. The lowest BCUT2D eigenvalue weighted by molar-refractivity contribution is -0.0777. The highest BCUT2D eigenvalue weighted by Crippen LogP contribution is 2.23. The lowest BCUT2D eigenvalue weighted by atomic mass is 9.94. The van der Waals surface area contributed by atoms with Gasteiger partial charge in [-0.1, -0.05) is 0 Å². The quantitative estimate of drug-likeness (QED) is 0.905. The monoisotopic (exact) mass is 270 g/mol. The van der Waals surface area contributed by atoms with Crippen molar-refractivity contribution in [1.29, 1.82) is 0 Å². The highest BCUT2D eigenvalue weighted by molar-refractivity contribution is 7.11. The molecule has 0 amide bonds. The fraction of sp³-hybridized carbons (Fsp3) is 0.769. The van der Waals surface area contributed by atoms with Crippen LogP contribution >= 0.6 is 11.3 Å². The van der Waals surface area contributed by atoms with Crippen LogP contribution in [0.15, 0.2) is 0 Å². The van der Waals surface area contributed by atoms with E-state index in [1.54, 1.807) is 11.3 Å². The largest absolute Gasteiger partial charge is 0.388 e. The van der Waals surface area contributed by atoms with Gasteiger partial charge in [-0.25, -0.2) is 4.98 Å². The smallest absolute Gasteiger partial charge is 0.107 e. The maximum Gasteiger partial charge on any atom is 0.107 e. The summed E-state index contributed by atoms with van der Waals surface area (Å²) in [5.41, 5.74) is 0.530. The van der Waals surface area contributed by atoms with Crippen molar-refractivity contribution in [1.82, 2.24) is 9.88 Å². The third-order valence-corrected chi connectivity index (χ3v) is 4.52. The maximum absolute atomic E-state index is 10.4. The number of likely N-dealkylation sites (N-methyl/N-ethyl adjacent to an activating group) is 1. The molecule has 0 aromatic carbocycles. The zero-order valence-corrected chi connectivity index (χ0v) is 12.2. The summed E-state index contributed by atoms with van der Waals surface area (Å²) in [6.45, 7) is 6.97. The SMILES string of the molecule is Cc1nc(CN(C)CC2(O)CCOCC2)sc1C. The standard InChI is InChI=1S/C13H22N2O2S/c1-10-11(2)18-12(14-10)8-15(3)9-13(16)4-6-17-7-5-13/h16H,4-9H2,1-3H3. The second kappa shape index (κ2) is 5.65. The van der Waals surface area contributed by atoms with Crippen LogP contribution < -0.4 is 0 Å². The van der Waals surface area contributed by atoms with Gasteiger partial charge >= 0.3 is 0 Å². The Balaban J connectivity index is 1.89. The number of hydrogen-bond donors (Lipinski definition) is 1. The Morgan fingerprint density at radius 3 is 2.61 bits per heavy atom. The molecule has 0 aliphatic carbocycles. The van der Waals surface area contributed by atoms with Crippen molar-refractivity contribution in [3.05, 3.63) is 15.6 Å². The van der Waals surface area contributed by atoms with Crippen molar-refractivity contribution in [3.63, 3.8) is 0 Å². The molecule has 102 valence electrons. The molecule has 1 aromatic rings. The van der Waals surface area contributed by atoms with Gasteiger partial charge in [0.1, 0.15) is 5.01 Å². The normalized spacial score (nSPS) is 19.4. The molecule has 0 bridgehead atoms. The Hall–Kier alpha value is -0.490. The molecule has 2 heterocycles. The van der Waals surface area contributed by atoms with E-state index in [1.165, 1.54) is 4.88 Å². The van der Waals surface area contributed by atoms with E-state index in [0.29, 0.717) is 19.8 Å². The molecule has 1 fully saturated rings. The summed E-state index contributed by atoms with van der Waals surface area (Å²) in [7, 11) is 2.04. The van der Waals surface area contributed by atoms with Crippen LogP contribution in [0.1, 0.15) is 28.4 Å². The molecule has 1 N–H and O–H groups in total. The Bertz CT molecular complexity index is 380. The van der Waals surface area contributed by atoms with Gasteiger partial charge in [0.2, 0.25) is 0 Å². The minimum absolute atomic E-state index is 0.589. The third-order valence-electron chi connectivity index (χ3n) is 3.47. The number of hydrogen-bond acceptors (Lipinski definition) is 5. The topological polar surface area (TPSA) is 45.6 Å². The Labute approximate surface area is 113 Å². The maximum atomic E-state index is 10.4. The number of thiazole rings is 1. The average Bonchev–Trinajstić information content (AvgIpc) is 2.57. The van der Waals surface area contributed by atoms with Gasteiger partial charge in [0.05, 0.1) is 17.8 Å². The van der Waals surface area contributed by atoms with Crippen molar-refractivity contribution in [2.45, 2.75) is 38.8 Å². The molecular formula is C13H22N2O2S. The summed E-state index contributed by atoms with van der Waals surface area (Å²) in [6, 6.07) is 0. The molecule has 4 nitrogen and oxygen atoms in total. The molecule has 1 aliphatic heterocycles. The van der Waals surface area contributed by atoms with E-state index in [0.717, 1.165) is 30.1 Å². The summed E-state index contributed by atoms with van der Waals surface area (Å²) in [6.07, 6.45) is 1.46. The second-order valence-electron chi connectivity index (χ2n) is 5.26. The van der Waals surface area contributed by atoms with E-state index in [2.05, 4.69) is 16.8 Å². The van der Waals surface area contributed by atoms with Crippen LogP contribution in [0, 0.1) is 13.8 Å². The van der Waals surface area contributed by atoms with Gasteiger partial charge in [-0.3, -0.25) is 4.90 Å². The van der Waals surface area contributed by atoms with Crippen molar-refractivity contribution in [2.75, 3.05) is 26.8 Å². The minimum atomic E-state index is -0.589. The van der Waals surface area contributed by atoms with Gasteiger partial charge in [0.15, 0.2) is 0 Å². The number of nitrogens with zero attached hydrogens (tertiary/aromatic N) is 2. The molecular weight excluding hydrogens is 248 g/mol. The first kappa shape index (κ1) is 13.9. The number of aromatic nitrogens is 1. The zero-order chi connectivity index (χ0) is 13.2. The third kappa shape index (κ3) is 3.51. The lowest BCUT2D eigenvalue weighted by Gasteiger charge is -2.35. The van der Waals surface area contributed by atoms with Crippen molar-refractivity contribution < 1.29 is 9.84 Å². The summed E-state index contributed by atoms with van der Waals surface area (Å²) in [4.78, 5) is 7.97. The van der Waals surface area contributed by atoms with Crippen LogP contribution in [-0.2, 0) is 11.3 Å². The summed E-state index contributed by atoms with van der Waals surface area (Å²) < 4.78 is 5.30. The van der Waals surface area contributed by atoms with Crippen LogP contribution in [0.5, 0.6) is 0 Å². The molecule has 1 saturated heterocycles. The highest BCUT2D eigenvalue weighted by atomic mass is 32.1. The zero-order valence-electron chi connectivity index (χ0n) is 11.4. The second-order valence-corrected chi connectivity index (χ2v) is 6.55. The summed E-state index contributed by atoms with van der Waals surface area (Å²) in [5, 5.41) is 11.6. The molecule has 2 rings (SSSR count). The van der Waals surface area contributed by atoms with E-state index in [4.69, 9.17) is 4.74 Å². The Morgan fingerprint density at radius 1 is 1.39 bits per heavy atom. The molecule has 0 saturated carbocycles. The molecule has 18 heavy (non-hydrogen) atoms. The number of ether oxygens (including phenoxy) is 1. The molecule has 1 aliphatic rings. The molecule has 0 unspecified atom stereocenters. The number of aryl methyl sites for hydroxylation is 2. The number of aliphatic hydroxyl groups is 1. The first-order valence-corrected chi connectivity index (χ1v) is 7.22. The summed E-state index contributed by atoms with van der Waals surface area (Å²) >= 11 is 1.74. The van der Waals surface area contributed by atoms with Gasteiger partial charge in [0.25, 0.3) is 0 Å². The van der Waals surface area contributed by atoms with Crippen LogP contribution in [0.25, 0.3) is 0 Å². The molecule has 5 heteroatoms. The van der Waals surface area contributed by atoms with Gasteiger partial charge in [-0.15, -0.1) is 11.3 Å². The molecule has 0 spiro atoms. The molecule has 0 radical (unpaired) electrons. The van der Waals surface area contributed by atoms with Crippen LogP contribution in [0.2, 0.25) is 0 Å². The van der Waals surface area contributed by atoms with Crippen molar-refractivity contribution >= 4 is 11.3 Å². The van der Waals surface area contributed by atoms with E-state index in [1.807, 2.05) is 14.0 Å². The molecule has 0 atom stereocenters. The lowest BCUT2D eigenvalue weighted by Crippen LogP contribution is -2.45. The van der Waals surface area contributed by atoms with Crippen molar-refractivity contribution in [2.24, 2.45) is 0 Å². The van der Waals surface area contributed by atoms with E-state index >= 15 is 0 Å². The summed E-state index contributed by atoms with van der Waals surface area (Å²) in [5.74, 6) is 0. The predicted octanol–water partition coefficient (Wildman–Crippen LogP) is 1.73. The van der Waals surface area contributed by atoms with Crippen LogP contribution in [0.3, 0.4) is 0 Å². The van der Waals surface area contributed by atoms with Crippen LogP contribution in [-0.4, -0.2) is 47.4 Å². The average molecular weight is 270 g/mol. The van der Waals surface area contributed by atoms with E-state index in [-0.39, 0.29) is 0 Å². The van der Waals surface area contributed by atoms with E-state index < -0.39 is 5.60 Å². The Morgan fingerprint density at radius 2 is 2.06 bits per heavy atom. The van der Waals surface area contributed by atoms with Crippen LogP contribution in [0.4, 0.5) is 0 Å². The fourth-order valence-corrected chi connectivity index (χ4v) is 3.32. The van der Waals surface area contributed by atoms with E-state index in [9.17, 15) is 5.11 Å². The first-order valence-electron chi connectivity index (χ1n) is 6.40. The predicted molar refractivity (Wildman–Crippen MR) is 72.9 cm³/mol. The van der Waals surface area contributed by atoms with Gasteiger partial charge < -0.3 is 9.84 Å². The first-order chi connectivity index (χ1) is 8.48. The van der Waals surface area contributed by atoms with Gasteiger partial charge in [-0.05, 0) is 20.9 Å². The number of rotatable bonds is 4. The van der Waals surface area contributed by atoms with Gasteiger partial charge in [-0.2, -0.15) is 0 Å². The molecule has 1 aromatic heterocycles.